The molecule has 1 unspecified atom stereocenters. The highest BCUT2D eigenvalue weighted by Gasteiger charge is 2.47. The van der Waals surface area contributed by atoms with E-state index >= 15 is 0 Å². The number of likely N-dealkylation sites (tertiary alicyclic amines) is 1. The molecule has 9 nitrogen and oxygen atoms in total. The van der Waals surface area contributed by atoms with Gasteiger partial charge in [0.1, 0.15) is 11.4 Å². The van der Waals surface area contributed by atoms with Gasteiger partial charge in [0.25, 0.3) is 5.91 Å². The van der Waals surface area contributed by atoms with E-state index in [1.807, 2.05) is 19.1 Å². The van der Waals surface area contributed by atoms with E-state index in [2.05, 4.69) is 20.3 Å². The molecule has 178 valence electrons. The molecule has 3 aromatic heterocycles. The number of pyridine rings is 2. The first-order valence-electron chi connectivity index (χ1n) is 10.5. The van der Waals surface area contributed by atoms with Crippen molar-refractivity contribution in [1.29, 1.82) is 0 Å². The normalized spacial score (nSPS) is 19.2. The Hall–Kier alpha value is -3.83. The molecule has 1 fully saturated rings. The summed E-state index contributed by atoms with van der Waals surface area (Å²) in [6, 6.07) is 6.59. The van der Waals surface area contributed by atoms with Crippen molar-refractivity contribution in [1.82, 2.24) is 29.9 Å². The zero-order valence-electron chi connectivity index (χ0n) is 18.1. The fraction of sp³-hybridized carbons (Fsp3) is 0.364. The molecular weight excluding hydrogens is 453 g/mol. The molecule has 0 bridgehead atoms. The quantitative estimate of drug-likeness (QED) is 0.584. The van der Waals surface area contributed by atoms with Gasteiger partial charge in [-0.1, -0.05) is 11.3 Å². The van der Waals surface area contributed by atoms with Crippen LogP contribution < -0.4 is 0 Å². The zero-order valence-corrected chi connectivity index (χ0v) is 18.1. The van der Waals surface area contributed by atoms with Gasteiger partial charge in [0.15, 0.2) is 0 Å². The van der Waals surface area contributed by atoms with E-state index in [4.69, 9.17) is 0 Å². The molecule has 4 rings (SSSR count). The number of carboxylic acid groups (broad SMARTS) is 1. The minimum atomic E-state index is -4.69. The lowest BCUT2D eigenvalue weighted by atomic mass is 9.82. The van der Waals surface area contributed by atoms with Crippen LogP contribution in [0.3, 0.4) is 0 Å². The van der Waals surface area contributed by atoms with Crippen LogP contribution in [0.4, 0.5) is 13.2 Å². The Bertz CT molecular complexity index is 1200. The van der Waals surface area contributed by atoms with Crippen LogP contribution in [0.25, 0.3) is 0 Å². The molecule has 1 N–H and O–H groups in total. The van der Waals surface area contributed by atoms with Crippen LogP contribution in [0.15, 0.2) is 48.9 Å². The molecule has 0 radical (unpaired) electrons. The number of carbonyl (C=O) groups is 2. The maximum atomic E-state index is 13.0. The highest BCUT2D eigenvalue weighted by molar-refractivity contribution is 5.93. The summed E-state index contributed by atoms with van der Waals surface area (Å²) in [5.41, 5.74) is -1.51. The topological polar surface area (TPSA) is 114 Å². The minimum Gasteiger partial charge on any atom is -0.481 e. The average molecular weight is 474 g/mol. The summed E-state index contributed by atoms with van der Waals surface area (Å²) in [4.78, 5) is 33.6. The number of carbonyl (C=O) groups excluding carboxylic acids is 1. The molecule has 1 aliphatic rings. The van der Waals surface area contributed by atoms with Crippen molar-refractivity contribution < 1.29 is 27.9 Å². The van der Waals surface area contributed by atoms with Crippen molar-refractivity contribution in [2.24, 2.45) is 5.41 Å². The van der Waals surface area contributed by atoms with E-state index in [9.17, 15) is 27.9 Å². The predicted molar refractivity (Wildman–Crippen MR) is 112 cm³/mol. The third-order valence-corrected chi connectivity index (χ3v) is 6.02. The molecule has 0 aliphatic carbocycles. The van der Waals surface area contributed by atoms with Crippen molar-refractivity contribution in [2.45, 2.75) is 32.0 Å². The van der Waals surface area contributed by atoms with Crippen molar-refractivity contribution >= 4 is 11.9 Å². The maximum Gasteiger partial charge on any atom is 0.433 e. The van der Waals surface area contributed by atoms with E-state index in [0.29, 0.717) is 5.69 Å². The summed E-state index contributed by atoms with van der Waals surface area (Å²) in [6.45, 7) is 1.81. The summed E-state index contributed by atoms with van der Waals surface area (Å²) in [5.74, 6) is -1.86. The third kappa shape index (κ3) is 4.61. The first-order valence-corrected chi connectivity index (χ1v) is 10.5. The molecular formula is C22H21F3N6O3. The third-order valence-electron chi connectivity index (χ3n) is 6.02. The number of aromatic nitrogens is 5. The van der Waals surface area contributed by atoms with Gasteiger partial charge in [0.2, 0.25) is 0 Å². The first kappa shape index (κ1) is 23.3. The van der Waals surface area contributed by atoms with Crippen LogP contribution in [0.1, 0.15) is 46.8 Å². The smallest absolute Gasteiger partial charge is 0.433 e. The number of carboxylic acids is 1. The largest absolute Gasteiger partial charge is 0.481 e. The van der Waals surface area contributed by atoms with E-state index in [0.717, 1.165) is 17.7 Å². The molecule has 12 heteroatoms. The molecule has 3 aromatic rings. The summed E-state index contributed by atoms with van der Waals surface area (Å²) in [6.07, 6.45) is 0.434. The molecule has 1 saturated heterocycles. The maximum absolute atomic E-state index is 13.0. The summed E-state index contributed by atoms with van der Waals surface area (Å²) in [7, 11) is 0. The molecule has 0 spiro atoms. The Balaban J connectivity index is 1.51. The molecule has 34 heavy (non-hydrogen) atoms. The molecule has 1 amide bonds. The van der Waals surface area contributed by atoms with Gasteiger partial charge in [-0.05, 0) is 43.2 Å². The number of amides is 1. The van der Waals surface area contributed by atoms with Crippen molar-refractivity contribution in [3.63, 3.8) is 0 Å². The van der Waals surface area contributed by atoms with E-state index in [1.54, 1.807) is 23.3 Å². The molecule has 0 aromatic carbocycles. The van der Waals surface area contributed by atoms with Crippen molar-refractivity contribution in [3.8, 4) is 0 Å². The highest BCUT2D eigenvalue weighted by atomic mass is 19.4. The lowest BCUT2D eigenvalue weighted by molar-refractivity contribution is -0.148. The van der Waals surface area contributed by atoms with Crippen LogP contribution in [0.2, 0.25) is 0 Å². The molecule has 2 atom stereocenters. The van der Waals surface area contributed by atoms with Gasteiger partial charge >= 0.3 is 12.1 Å². The summed E-state index contributed by atoms with van der Waals surface area (Å²) in [5, 5.41) is 18.2. The number of halogens is 3. The fourth-order valence-electron chi connectivity index (χ4n) is 4.04. The van der Waals surface area contributed by atoms with Gasteiger partial charge < -0.3 is 10.0 Å². The average Bonchev–Trinajstić information content (AvgIpc) is 3.47. The molecule has 0 saturated carbocycles. The lowest BCUT2D eigenvalue weighted by Crippen LogP contribution is -2.39. The van der Waals surface area contributed by atoms with Crippen LogP contribution in [-0.4, -0.2) is 59.9 Å². The van der Waals surface area contributed by atoms with E-state index in [-0.39, 0.29) is 37.7 Å². The van der Waals surface area contributed by atoms with Crippen LogP contribution >= 0.6 is 0 Å². The van der Waals surface area contributed by atoms with E-state index < -0.39 is 29.2 Å². The van der Waals surface area contributed by atoms with Gasteiger partial charge in [0, 0.05) is 38.1 Å². The number of hydrogen-bond donors (Lipinski definition) is 1. The Kier molecular flexibility index (Phi) is 6.07. The van der Waals surface area contributed by atoms with Crippen molar-refractivity contribution in [2.75, 3.05) is 13.1 Å². The van der Waals surface area contributed by atoms with E-state index in [1.165, 1.54) is 11.0 Å². The van der Waals surface area contributed by atoms with Gasteiger partial charge in [0.05, 0.1) is 17.2 Å². The monoisotopic (exact) mass is 474 g/mol. The molecule has 4 heterocycles. The predicted octanol–water partition coefficient (Wildman–Crippen LogP) is 2.86. The number of alkyl halides is 3. The number of aliphatic carboxylic acids is 1. The van der Waals surface area contributed by atoms with Gasteiger partial charge in [-0.15, -0.1) is 5.10 Å². The second-order valence-electron chi connectivity index (χ2n) is 8.29. The van der Waals surface area contributed by atoms with Gasteiger partial charge in [-0.25, -0.2) is 9.67 Å². The number of rotatable bonds is 6. The zero-order chi connectivity index (χ0) is 24.5. The standard InChI is InChI=1S/C22H21F3N6O3/c1-14(15-5-8-26-9-6-15)31-12-16(28-29-31)11-21(20(33)34)7-10-30(13-21)19(32)17-3-2-4-18(27-17)22(23,24)25/h2-6,8-9,12,14H,7,10-11,13H2,1H3,(H,33,34)/t14-,21?/m1/s1. The Morgan fingerprint density at radius 3 is 2.62 bits per heavy atom. The Morgan fingerprint density at radius 2 is 1.94 bits per heavy atom. The summed E-state index contributed by atoms with van der Waals surface area (Å²) < 4.78 is 40.5. The molecule has 1 aliphatic heterocycles. The second kappa shape index (κ2) is 8.84. The van der Waals surface area contributed by atoms with Crippen LogP contribution in [-0.2, 0) is 17.4 Å². The first-order chi connectivity index (χ1) is 16.1. The van der Waals surface area contributed by atoms with Gasteiger partial charge in [-0.2, -0.15) is 13.2 Å². The SMILES string of the molecule is C[C@H](c1ccncc1)n1cc(CC2(C(=O)O)CCN(C(=O)c3cccc(C(F)(F)F)n3)C2)nn1. The summed E-state index contributed by atoms with van der Waals surface area (Å²) >= 11 is 0. The van der Waals surface area contributed by atoms with Crippen LogP contribution in [0, 0.1) is 5.41 Å². The number of nitrogens with zero attached hydrogens (tertiary/aromatic N) is 6. The van der Waals surface area contributed by atoms with Crippen molar-refractivity contribution in [3.05, 3.63) is 71.6 Å². The lowest BCUT2D eigenvalue weighted by Gasteiger charge is -2.23. The van der Waals surface area contributed by atoms with Crippen LogP contribution in [0.5, 0.6) is 0 Å². The Labute approximate surface area is 192 Å². The second-order valence-corrected chi connectivity index (χ2v) is 8.29. The Morgan fingerprint density at radius 1 is 1.21 bits per heavy atom. The fourth-order valence-corrected chi connectivity index (χ4v) is 4.04. The number of hydrogen-bond acceptors (Lipinski definition) is 6. The minimum absolute atomic E-state index is 0.0190. The highest BCUT2D eigenvalue weighted by Crippen LogP contribution is 2.35. The van der Waals surface area contributed by atoms with Gasteiger partial charge in [-0.3, -0.25) is 14.6 Å².